The van der Waals surface area contributed by atoms with E-state index in [0.29, 0.717) is 0 Å². The fourth-order valence-electron chi connectivity index (χ4n) is 1.50. The Balaban J connectivity index is 3.01. The number of nitrogens with one attached hydrogen (secondary N) is 1. The molecule has 0 amide bonds. The third-order valence-corrected chi connectivity index (χ3v) is 4.26. The number of rotatable bonds is 6. The standard InChI is InChI=1S/C13H13FN2O4S/c1-2-11(8-15)21(19,20)16-10-5-3-9(12(14)7-10)4-6-13(17)18/h3-7,11,16H,2H2,1H3,(H,17,18). The predicted octanol–water partition coefficient (Wildman–Crippen LogP) is 1.97. The molecule has 112 valence electrons. The highest BCUT2D eigenvalue weighted by atomic mass is 32.2. The zero-order valence-corrected chi connectivity index (χ0v) is 11.9. The molecule has 6 nitrogen and oxygen atoms in total. The number of nitriles is 1. The van der Waals surface area contributed by atoms with Crippen LogP contribution in [0.25, 0.3) is 6.08 Å². The maximum absolute atomic E-state index is 13.7. The lowest BCUT2D eigenvalue weighted by Crippen LogP contribution is -2.26. The molecule has 2 N–H and O–H groups in total. The Bertz CT molecular complexity index is 707. The largest absolute Gasteiger partial charge is 0.478 e. The Morgan fingerprint density at radius 2 is 2.24 bits per heavy atom. The number of nitrogens with zero attached hydrogens (tertiary/aromatic N) is 1. The predicted molar refractivity (Wildman–Crippen MR) is 75.3 cm³/mol. The van der Waals surface area contributed by atoms with Gasteiger partial charge in [0.05, 0.1) is 11.8 Å². The SMILES string of the molecule is CCC(C#N)S(=O)(=O)Nc1ccc(C=CC(=O)O)c(F)c1. The van der Waals surface area contributed by atoms with Gasteiger partial charge in [0.2, 0.25) is 10.0 Å². The number of anilines is 1. The Labute approximate surface area is 121 Å². The first-order valence-electron chi connectivity index (χ1n) is 5.92. The van der Waals surface area contributed by atoms with Crippen molar-refractivity contribution in [3.8, 4) is 6.07 Å². The van der Waals surface area contributed by atoms with E-state index in [9.17, 15) is 17.6 Å². The zero-order valence-electron chi connectivity index (χ0n) is 11.1. The van der Waals surface area contributed by atoms with Gasteiger partial charge >= 0.3 is 5.97 Å². The third-order valence-electron chi connectivity index (χ3n) is 2.56. The molecule has 1 unspecified atom stereocenters. The number of carbonyl (C=O) groups is 1. The summed E-state index contributed by atoms with van der Waals surface area (Å²) >= 11 is 0. The molecule has 0 aliphatic heterocycles. The van der Waals surface area contributed by atoms with Crippen LogP contribution in [0.3, 0.4) is 0 Å². The quantitative estimate of drug-likeness (QED) is 0.781. The van der Waals surface area contributed by atoms with Crippen molar-refractivity contribution >= 4 is 27.8 Å². The summed E-state index contributed by atoms with van der Waals surface area (Å²) < 4.78 is 39.5. The molecule has 1 aromatic rings. The van der Waals surface area contributed by atoms with Crippen molar-refractivity contribution in [1.29, 1.82) is 5.26 Å². The first kappa shape index (κ1) is 16.7. The van der Waals surface area contributed by atoms with E-state index in [2.05, 4.69) is 4.72 Å². The van der Waals surface area contributed by atoms with Gasteiger partial charge in [-0.2, -0.15) is 5.26 Å². The number of hydrogen-bond donors (Lipinski definition) is 2. The van der Waals surface area contributed by atoms with E-state index >= 15 is 0 Å². The molecule has 0 radical (unpaired) electrons. The van der Waals surface area contributed by atoms with Crippen LogP contribution in [-0.4, -0.2) is 24.7 Å². The van der Waals surface area contributed by atoms with Crippen LogP contribution in [0.4, 0.5) is 10.1 Å². The van der Waals surface area contributed by atoms with Gasteiger partial charge in [0.25, 0.3) is 0 Å². The van der Waals surface area contributed by atoms with Crippen molar-refractivity contribution in [2.24, 2.45) is 0 Å². The van der Waals surface area contributed by atoms with E-state index in [0.717, 1.165) is 18.2 Å². The molecule has 0 bridgehead atoms. The molecule has 0 aliphatic rings. The van der Waals surface area contributed by atoms with E-state index in [4.69, 9.17) is 10.4 Å². The number of benzene rings is 1. The summed E-state index contributed by atoms with van der Waals surface area (Å²) in [5.41, 5.74) is -0.0265. The lowest BCUT2D eigenvalue weighted by atomic mass is 10.2. The van der Waals surface area contributed by atoms with E-state index < -0.39 is 27.1 Å². The lowest BCUT2D eigenvalue weighted by molar-refractivity contribution is -0.131. The molecule has 0 aromatic heterocycles. The Hall–Kier alpha value is -2.40. The summed E-state index contributed by atoms with van der Waals surface area (Å²) in [5.74, 6) is -2.00. The van der Waals surface area contributed by atoms with Crippen LogP contribution >= 0.6 is 0 Å². The van der Waals surface area contributed by atoms with Gasteiger partial charge < -0.3 is 5.11 Å². The van der Waals surface area contributed by atoms with Crippen molar-refractivity contribution in [1.82, 2.24) is 0 Å². The summed E-state index contributed by atoms with van der Waals surface area (Å²) in [5, 5.41) is 16.0. The molecule has 8 heteroatoms. The molecule has 0 saturated heterocycles. The molecule has 0 aliphatic carbocycles. The third kappa shape index (κ3) is 4.57. The van der Waals surface area contributed by atoms with Crippen LogP contribution in [0.15, 0.2) is 24.3 Å². The normalized spacial score (nSPS) is 12.8. The molecular formula is C13H13FN2O4S. The maximum atomic E-state index is 13.7. The highest BCUT2D eigenvalue weighted by molar-refractivity contribution is 7.93. The molecule has 0 saturated carbocycles. The second kappa shape index (κ2) is 6.85. The van der Waals surface area contributed by atoms with Gasteiger partial charge in [-0.1, -0.05) is 6.92 Å². The number of carboxylic acid groups (broad SMARTS) is 1. The molecule has 0 spiro atoms. The van der Waals surface area contributed by atoms with Gasteiger partial charge in [-0.3, -0.25) is 4.72 Å². The average Bonchev–Trinajstić information content (AvgIpc) is 2.38. The summed E-state index contributed by atoms with van der Waals surface area (Å²) in [6.45, 7) is 1.55. The minimum Gasteiger partial charge on any atom is -0.478 e. The van der Waals surface area contributed by atoms with Crippen molar-refractivity contribution in [2.45, 2.75) is 18.6 Å². The molecule has 0 fully saturated rings. The average molecular weight is 312 g/mol. The van der Waals surface area contributed by atoms with E-state index in [1.54, 1.807) is 13.0 Å². The van der Waals surface area contributed by atoms with E-state index in [1.165, 1.54) is 12.1 Å². The molecule has 1 rings (SSSR count). The summed E-state index contributed by atoms with van der Waals surface area (Å²) in [6.07, 6.45) is 1.93. The van der Waals surface area contributed by atoms with Crippen LogP contribution in [0, 0.1) is 17.1 Å². The minimum atomic E-state index is -3.92. The second-order valence-electron chi connectivity index (χ2n) is 4.08. The van der Waals surface area contributed by atoms with E-state index in [1.807, 2.05) is 0 Å². The van der Waals surface area contributed by atoms with Crippen LogP contribution in [0.5, 0.6) is 0 Å². The van der Waals surface area contributed by atoms with Gasteiger partial charge in [0, 0.05) is 11.6 Å². The van der Waals surface area contributed by atoms with E-state index in [-0.39, 0.29) is 17.7 Å². The summed E-state index contributed by atoms with van der Waals surface area (Å²) in [4.78, 5) is 10.3. The van der Waals surface area contributed by atoms with Crippen LogP contribution in [0.1, 0.15) is 18.9 Å². The maximum Gasteiger partial charge on any atom is 0.328 e. The minimum absolute atomic E-state index is 0.00710. The molecular weight excluding hydrogens is 299 g/mol. The number of carboxylic acids is 1. The van der Waals surface area contributed by atoms with Gasteiger partial charge in [-0.25, -0.2) is 17.6 Å². The van der Waals surface area contributed by atoms with Crippen LogP contribution < -0.4 is 4.72 Å². The topological polar surface area (TPSA) is 107 Å². The molecule has 1 atom stereocenters. The fourth-order valence-corrected chi connectivity index (χ4v) is 2.68. The van der Waals surface area contributed by atoms with Crippen molar-refractivity contribution in [3.05, 3.63) is 35.7 Å². The van der Waals surface area contributed by atoms with Crippen LogP contribution in [0.2, 0.25) is 0 Å². The Morgan fingerprint density at radius 1 is 1.57 bits per heavy atom. The van der Waals surface area contributed by atoms with Crippen molar-refractivity contribution in [3.63, 3.8) is 0 Å². The number of sulfonamides is 1. The van der Waals surface area contributed by atoms with Crippen molar-refractivity contribution in [2.75, 3.05) is 4.72 Å². The molecule has 1 aromatic carbocycles. The van der Waals surface area contributed by atoms with Crippen LogP contribution in [-0.2, 0) is 14.8 Å². The Kier molecular flexibility index (Phi) is 5.44. The van der Waals surface area contributed by atoms with Gasteiger partial charge in [0.15, 0.2) is 5.25 Å². The van der Waals surface area contributed by atoms with Gasteiger partial charge in [-0.15, -0.1) is 0 Å². The molecule has 0 heterocycles. The van der Waals surface area contributed by atoms with Crippen molar-refractivity contribution < 1.29 is 22.7 Å². The lowest BCUT2D eigenvalue weighted by Gasteiger charge is -2.11. The molecule has 21 heavy (non-hydrogen) atoms. The number of aliphatic carboxylic acids is 1. The van der Waals surface area contributed by atoms with Gasteiger partial charge in [-0.05, 0) is 30.7 Å². The summed E-state index contributed by atoms with van der Waals surface area (Å²) in [7, 11) is -3.92. The second-order valence-corrected chi connectivity index (χ2v) is 5.94. The number of halogens is 1. The smallest absolute Gasteiger partial charge is 0.328 e. The highest BCUT2D eigenvalue weighted by Gasteiger charge is 2.23. The highest BCUT2D eigenvalue weighted by Crippen LogP contribution is 2.18. The monoisotopic (exact) mass is 312 g/mol. The zero-order chi connectivity index (χ0) is 16.0. The van der Waals surface area contributed by atoms with Gasteiger partial charge in [0.1, 0.15) is 5.82 Å². The first-order valence-corrected chi connectivity index (χ1v) is 7.46. The fraction of sp³-hybridized carbons (Fsp3) is 0.231. The first-order chi connectivity index (χ1) is 9.80. The number of hydrogen-bond acceptors (Lipinski definition) is 4. The summed E-state index contributed by atoms with van der Waals surface area (Å²) in [6, 6.07) is 5.09. The Morgan fingerprint density at radius 3 is 2.71 bits per heavy atom.